The van der Waals surface area contributed by atoms with E-state index < -0.39 is 0 Å². The molecule has 0 atom stereocenters. The van der Waals surface area contributed by atoms with Crippen LogP contribution in [0.4, 0.5) is 5.69 Å². The number of anilines is 1. The molecule has 1 heterocycles. The minimum atomic E-state index is -0.239. The topological polar surface area (TPSA) is 92.5 Å². The predicted molar refractivity (Wildman–Crippen MR) is 132 cm³/mol. The zero-order chi connectivity index (χ0) is 23.7. The van der Waals surface area contributed by atoms with Gasteiger partial charge in [0, 0.05) is 34.8 Å². The Morgan fingerprint density at radius 3 is 2.26 bits per heavy atom. The number of nitrogens with zero attached hydrogens (tertiary/aromatic N) is 1. The number of primary amides is 1. The Hall–Kier alpha value is -3.77. The van der Waals surface area contributed by atoms with Crippen LogP contribution in [0.15, 0.2) is 66.7 Å². The molecule has 0 aromatic heterocycles. The van der Waals surface area contributed by atoms with Crippen LogP contribution in [0.3, 0.4) is 0 Å². The fourth-order valence-corrected chi connectivity index (χ4v) is 4.86. The van der Waals surface area contributed by atoms with Crippen LogP contribution in [0.2, 0.25) is 0 Å². The summed E-state index contributed by atoms with van der Waals surface area (Å²) in [6.45, 7) is 2.73. The zero-order valence-corrected chi connectivity index (χ0v) is 18.9. The molecule has 0 bridgehead atoms. The fourth-order valence-electron chi connectivity index (χ4n) is 4.86. The average Bonchev–Trinajstić information content (AvgIpc) is 3.15. The molecule has 2 aliphatic rings. The first-order valence-corrected chi connectivity index (χ1v) is 11.7. The number of hydrogen-bond acceptors (Lipinski definition) is 4. The van der Waals surface area contributed by atoms with Crippen LogP contribution in [-0.2, 0) is 11.2 Å². The summed E-state index contributed by atoms with van der Waals surface area (Å²) in [5, 5.41) is 2.93. The molecule has 0 unspecified atom stereocenters. The molecule has 34 heavy (non-hydrogen) atoms. The quantitative estimate of drug-likeness (QED) is 0.463. The first-order chi connectivity index (χ1) is 16.5. The Kier molecular flexibility index (Phi) is 5.99. The van der Waals surface area contributed by atoms with Gasteiger partial charge in [-0.1, -0.05) is 42.5 Å². The second-order valence-electron chi connectivity index (χ2n) is 9.05. The number of hydrogen-bond donors (Lipinski definition) is 2. The van der Waals surface area contributed by atoms with E-state index >= 15 is 0 Å². The number of nitrogens with one attached hydrogen (secondary N) is 1. The van der Waals surface area contributed by atoms with E-state index in [1.165, 1.54) is 5.56 Å². The monoisotopic (exact) mass is 453 g/mol. The molecule has 1 fully saturated rings. The lowest BCUT2D eigenvalue weighted by atomic mass is 9.96. The smallest absolute Gasteiger partial charge is 0.255 e. The van der Waals surface area contributed by atoms with Gasteiger partial charge in [0.15, 0.2) is 5.78 Å². The molecule has 0 spiro atoms. The highest BCUT2D eigenvalue weighted by Gasteiger charge is 2.27. The molecule has 0 radical (unpaired) electrons. The van der Waals surface area contributed by atoms with Crippen LogP contribution in [0, 0.1) is 5.92 Å². The molecule has 6 heteroatoms. The van der Waals surface area contributed by atoms with Gasteiger partial charge in [-0.3, -0.25) is 14.4 Å². The van der Waals surface area contributed by atoms with Crippen molar-refractivity contribution < 1.29 is 14.4 Å². The fraction of sp³-hybridized carbons (Fsp3) is 0.250. The van der Waals surface area contributed by atoms with Gasteiger partial charge in [0.05, 0.1) is 0 Å². The summed E-state index contributed by atoms with van der Waals surface area (Å²) in [5.41, 5.74) is 10.8. The summed E-state index contributed by atoms with van der Waals surface area (Å²) in [7, 11) is 0. The summed E-state index contributed by atoms with van der Waals surface area (Å²) in [5.74, 6) is -0.452. The normalized spacial score (nSPS) is 15.6. The van der Waals surface area contributed by atoms with Crippen LogP contribution in [0.1, 0.15) is 44.7 Å². The number of nitrogens with two attached hydrogens (primary N) is 1. The van der Waals surface area contributed by atoms with Gasteiger partial charge in [-0.2, -0.15) is 0 Å². The van der Waals surface area contributed by atoms with Crippen LogP contribution >= 0.6 is 0 Å². The lowest BCUT2D eigenvalue weighted by Crippen LogP contribution is -2.39. The third-order valence-corrected chi connectivity index (χ3v) is 6.91. The molecule has 6 nitrogen and oxygen atoms in total. The van der Waals surface area contributed by atoms with Crippen molar-refractivity contribution in [2.75, 3.05) is 25.0 Å². The highest BCUT2D eigenvalue weighted by Crippen LogP contribution is 2.36. The van der Waals surface area contributed by atoms with E-state index in [0.717, 1.165) is 50.0 Å². The lowest BCUT2D eigenvalue weighted by molar-refractivity contribution is -0.123. The second kappa shape index (κ2) is 9.23. The van der Waals surface area contributed by atoms with Crippen molar-refractivity contribution in [3.63, 3.8) is 0 Å². The third-order valence-electron chi connectivity index (χ3n) is 6.91. The second-order valence-corrected chi connectivity index (χ2v) is 9.05. The molecule has 5 rings (SSSR count). The number of ketones is 1. The van der Waals surface area contributed by atoms with E-state index in [0.29, 0.717) is 22.4 Å². The van der Waals surface area contributed by atoms with E-state index in [4.69, 9.17) is 5.73 Å². The van der Waals surface area contributed by atoms with Crippen molar-refractivity contribution in [2.45, 2.75) is 19.3 Å². The van der Waals surface area contributed by atoms with E-state index in [9.17, 15) is 14.4 Å². The molecule has 1 aliphatic carbocycles. The highest BCUT2D eigenvalue weighted by atomic mass is 16.2. The molecule has 1 aliphatic heterocycles. The van der Waals surface area contributed by atoms with Gasteiger partial charge in [0.25, 0.3) is 5.91 Å². The van der Waals surface area contributed by atoms with Gasteiger partial charge in [-0.05, 0) is 73.3 Å². The summed E-state index contributed by atoms with van der Waals surface area (Å²) in [6, 6.07) is 20.7. The summed E-state index contributed by atoms with van der Waals surface area (Å²) in [4.78, 5) is 39.2. The first kappa shape index (κ1) is 22.0. The van der Waals surface area contributed by atoms with E-state index in [-0.39, 0.29) is 23.5 Å². The molecule has 3 aromatic rings. The summed E-state index contributed by atoms with van der Waals surface area (Å²) < 4.78 is 0. The Morgan fingerprint density at radius 2 is 1.56 bits per heavy atom. The molecular weight excluding hydrogens is 426 g/mol. The largest absolute Gasteiger partial charge is 0.369 e. The van der Waals surface area contributed by atoms with Crippen LogP contribution in [-0.4, -0.2) is 42.1 Å². The minimum absolute atomic E-state index is 0.0123. The van der Waals surface area contributed by atoms with Crippen molar-refractivity contribution in [3.05, 3.63) is 89.0 Å². The van der Waals surface area contributed by atoms with Gasteiger partial charge in [-0.25, -0.2) is 0 Å². The number of amides is 2. The predicted octanol–water partition coefficient (Wildman–Crippen LogP) is 3.89. The lowest BCUT2D eigenvalue weighted by Gasteiger charge is -2.30. The van der Waals surface area contributed by atoms with Gasteiger partial charge >= 0.3 is 0 Å². The Labute approximate surface area is 198 Å². The maximum absolute atomic E-state index is 12.8. The molecule has 0 saturated carbocycles. The van der Waals surface area contributed by atoms with Gasteiger partial charge in [-0.15, -0.1) is 0 Å². The zero-order valence-electron chi connectivity index (χ0n) is 18.9. The van der Waals surface area contributed by atoms with Crippen LogP contribution < -0.4 is 11.1 Å². The van der Waals surface area contributed by atoms with Crippen molar-refractivity contribution >= 4 is 23.3 Å². The number of carbonyl (C=O) groups excluding carboxylic acids is 3. The Balaban J connectivity index is 1.18. The van der Waals surface area contributed by atoms with Gasteiger partial charge in [0.2, 0.25) is 5.91 Å². The SMILES string of the molecule is NC(=O)C1CCN(CCc2ccc(NC(=O)c3ccc4c(c3)C(=O)c3ccccc3-4)cc2)CC1. The maximum Gasteiger partial charge on any atom is 0.255 e. The summed E-state index contributed by atoms with van der Waals surface area (Å²) >= 11 is 0. The molecule has 3 N–H and O–H groups in total. The Bertz CT molecular complexity index is 1260. The van der Waals surface area contributed by atoms with Crippen LogP contribution in [0.25, 0.3) is 11.1 Å². The van der Waals surface area contributed by atoms with Crippen molar-refractivity contribution in [1.29, 1.82) is 0 Å². The molecule has 3 aromatic carbocycles. The van der Waals surface area contributed by atoms with Crippen molar-refractivity contribution in [1.82, 2.24) is 4.90 Å². The van der Waals surface area contributed by atoms with Crippen molar-refractivity contribution in [3.8, 4) is 11.1 Å². The number of benzene rings is 3. The number of fused-ring (bicyclic) bond motifs is 3. The van der Waals surface area contributed by atoms with Crippen LogP contribution in [0.5, 0.6) is 0 Å². The summed E-state index contributed by atoms with van der Waals surface area (Å²) in [6.07, 6.45) is 2.57. The third kappa shape index (κ3) is 4.37. The standard InChI is InChI=1S/C28H27N3O3/c29-27(33)19-12-15-31(16-13-19)14-11-18-5-8-21(9-6-18)30-28(34)20-7-10-23-22-3-1-2-4-24(22)26(32)25(23)17-20/h1-10,17,19H,11-16H2,(H2,29,33)(H,30,34). The number of carbonyl (C=O) groups is 3. The number of rotatable bonds is 6. The highest BCUT2D eigenvalue weighted by molar-refractivity contribution is 6.22. The average molecular weight is 454 g/mol. The number of piperidine rings is 1. The van der Waals surface area contributed by atoms with E-state index in [2.05, 4.69) is 10.2 Å². The van der Waals surface area contributed by atoms with E-state index in [1.807, 2.05) is 54.6 Å². The molecular formula is C28H27N3O3. The van der Waals surface area contributed by atoms with E-state index in [1.54, 1.807) is 12.1 Å². The first-order valence-electron chi connectivity index (χ1n) is 11.7. The van der Waals surface area contributed by atoms with Crippen molar-refractivity contribution in [2.24, 2.45) is 11.7 Å². The molecule has 1 saturated heterocycles. The molecule has 172 valence electrons. The maximum atomic E-state index is 12.8. The molecule has 2 amide bonds. The number of likely N-dealkylation sites (tertiary alicyclic amines) is 1. The van der Waals surface area contributed by atoms with Gasteiger partial charge < -0.3 is 16.0 Å². The Morgan fingerprint density at radius 1 is 0.882 bits per heavy atom. The minimum Gasteiger partial charge on any atom is -0.369 e. The van der Waals surface area contributed by atoms with Gasteiger partial charge in [0.1, 0.15) is 0 Å².